The minimum atomic E-state index is -0.969. The first-order valence-corrected chi connectivity index (χ1v) is 7.06. The summed E-state index contributed by atoms with van der Waals surface area (Å²) in [6.07, 6.45) is 4.32. The number of nitrogens with zero attached hydrogens (tertiary/aromatic N) is 1. The molecule has 0 bridgehead atoms. The van der Waals surface area contributed by atoms with Crippen LogP contribution in [0.2, 0.25) is 0 Å². The summed E-state index contributed by atoms with van der Waals surface area (Å²) >= 11 is 4.20. The summed E-state index contributed by atoms with van der Waals surface area (Å²) in [6.45, 7) is 0.243. The van der Waals surface area contributed by atoms with E-state index in [4.69, 9.17) is 10.8 Å². The van der Waals surface area contributed by atoms with Crippen molar-refractivity contribution in [3.8, 4) is 0 Å². The molecule has 5 nitrogen and oxygen atoms in total. The third kappa shape index (κ3) is 4.17. The number of hydrogen-bond acceptors (Lipinski definition) is 4. The third-order valence-corrected chi connectivity index (χ3v) is 3.88. The van der Waals surface area contributed by atoms with Crippen molar-refractivity contribution in [1.29, 1.82) is 0 Å². The highest BCUT2D eigenvalue weighted by molar-refractivity contribution is 7.80. The second-order valence-corrected chi connectivity index (χ2v) is 5.12. The number of aliphatic carboxylic acids is 1. The molecule has 2 atom stereocenters. The molecule has 1 aliphatic heterocycles. The Hall–Kier alpha value is -0.750. The lowest BCUT2D eigenvalue weighted by Crippen LogP contribution is -2.48. The minimum absolute atomic E-state index is 0.0405. The normalized spacial score (nSPS) is 25.7. The van der Waals surface area contributed by atoms with Gasteiger partial charge in [0, 0.05) is 17.7 Å². The molecule has 1 heterocycles. The fourth-order valence-corrected chi connectivity index (χ4v) is 2.82. The van der Waals surface area contributed by atoms with E-state index in [9.17, 15) is 9.59 Å². The van der Waals surface area contributed by atoms with Crippen molar-refractivity contribution < 1.29 is 14.7 Å². The number of carbonyl (C=O) groups is 2. The van der Waals surface area contributed by atoms with E-state index in [1.54, 1.807) is 0 Å². The van der Waals surface area contributed by atoms with Crippen molar-refractivity contribution in [2.24, 2.45) is 11.7 Å². The van der Waals surface area contributed by atoms with Gasteiger partial charge in [0.15, 0.2) is 0 Å². The summed E-state index contributed by atoms with van der Waals surface area (Å²) in [5.74, 6) is -0.729. The quantitative estimate of drug-likeness (QED) is 0.646. The van der Waals surface area contributed by atoms with Crippen LogP contribution in [0.3, 0.4) is 0 Å². The molecule has 1 rings (SSSR count). The Morgan fingerprint density at radius 2 is 2.11 bits per heavy atom. The number of carboxylic acid groups (broad SMARTS) is 1. The van der Waals surface area contributed by atoms with E-state index in [0.717, 1.165) is 25.7 Å². The molecule has 1 saturated heterocycles. The number of amides is 1. The Labute approximate surface area is 113 Å². The maximum atomic E-state index is 12.3. The highest BCUT2D eigenvalue weighted by atomic mass is 32.1. The van der Waals surface area contributed by atoms with Crippen LogP contribution >= 0.6 is 12.6 Å². The van der Waals surface area contributed by atoms with Gasteiger partial charge in [0.05, 0.1) is 0 Å². The average Bonchev–Trinajstić information content (AvgIpc) is 2.32. The molecule has 0 aliphatic carbocycles. The number of hydrogen-bond donors (Lipinski definition) is 3. The van der Waals surface area contributed by atoms with Crippen LogP contribution in [0.1, 0.15) is 32.1 Å². The van der Waals surface area contributed by atoms with Gasteiger partial charge in [-0.2, -0.15) is 12.6 Å². The zero-order valence-corrected chi connectivity index (χ0v) is 11.4. The van der Waals surface area contributed by atoms with Gasteiger partial charge in [0.1, 0.15) is 6.54 Å². The summed E-state index contributed by atoms with van der Waals surface area (Å²) in [7, 11) is 0. The van der Waals surface area contributed by atoms with Crippen LogP contribution < -0.4 is 5.73 Å². The van der Waals surface area contributed by atoms with Crippen LogP contribution in [0.15, 0.2) is 0 Å². The van der Waals surface area contributed by atoms with Gasteiger partial charge in [-0.1, -0.05) is 12.8 Å². The molecular weight excluding hydrogens is 252 g/mol. The predicted octanol–water partition coefficient (Wildman–Crippen LogP) is 0.737. The van der Waals surface area contributed by atoms with Gasteiger partial charge in [-0.25, -0.2) is 0 Å². The first-order chi connectivity index (χ1) is 8.60. The summed E-state index contributed by atoms with van der Waals surface area (Å²) < 4.78 is 0. The fourth-order valence-electron chi connectivity index (χ4n) is 2.48. The first kappa shape index (κ1) is 15.3. The standard InChI is InChI=1S/C12H22N2O3S/c13-6-5-10-4-2-1-3-9(8-18)12(17)14(10)7-11(15)16/h9-10,18H,1-8,13H2,(H,15,16). The Balaban J connectivity index is 2.85. The molecule has 18 heavy (non-hydrogen) atoms. The smallest absolute Gasteiger partial charge is 0.323 e. The summed E-state index contributed by atoms with van der Waals surface area (Å²) in [4.78, 5) is 24.7. The van der Waals surface area contributed by atoms with Crippen LogP contribution in [0.5, 0.6) is 0 Å². The number of nitrogens with two attached hydrogens (primary N) is 1. The summed E-state index contributed by atoms with van der Waals surface area (Å²) in [6, 6.07) is -0.0405. The van der Waals surface area contributed by atoms with Gasteiger partial charge >= 0.3 is 5.97 Å². The van der Waals surface area contributed by atoms with Crippen LogP contribution in [-0.4, -0.2) is 46.8 Å². The first-order valence-electron chi connectivity index (χ1n) is 6.43. The van der Waals surface area contributed by atoms with Crippen LogP contribution in [-0.2, 0) is 9.59 Å². The molecule has 3 N–H and O–H groups in total. The monoisotopic (exact) mass is 274 g/mol. The zero-order chi connectivity index (χ0) is 13.5. The average molecular weight is 274 g/mol. The molecule has 1 amide bonds. The molecule has 0 aromatic carbocycles. The number of rotatable bonds is 5. The van der Waals surface area contributed by atoms with Crippen molar-refractivity contribution in [2.45, 2.75) is 38.1 Å². The maximum absolute atomic E-state index is 12.3. The Morgan fingerprint density at radius 1 is 1.44 bits per heavy atom. The van der Waals surface area contributed by atoms with Gasteiger partial charge in [0.2, 0.25) is 5.91 Å². The molecular formula is C12H22N2O3S. The maximum Gasteiger partial charge on any atom is 0.323 e. The molecule has 0 spiro atoms. The van der Waals surface area contributed by atoms with Gasteiger partial charge in [-0.15, -0.1) is 0 Å². The van der Waals surface area contributed by atoms with Crippen molar-refractivity contribution >= 4 is 24.5 Å². The van der Waals surface area contributed by atoms with E-state index in [0.29, 0.717) is 18.7 Å². The van der Waals surface area contributed by atoms with Gasteiger partial charge in [-0.05, 0) is 25.8 Å². The fraction of sp³-hybridized carbons (Fsp3) is 0.833. The molecule has 1 aliphatic rings. The SMILES string of the molecule is NCCC1CCCCC(CS)C(=O)N1CC(=O)O. The minimum Gasteiger partial charge on any atom is -0.480 e. The summed E-state index contributed by atoms with van der Waals surface area (Å²) in [5.41, 5.74) is 5.55. The lowest BCUT2D eigenvalue weighted by atomic mass is 9.93. The number of carbonyl (C=O) groups excluding carboxylic acids is 1. The molecule has 0 aromatic heterocycles. The molecule has 1 fully saturated rings. The number of thiol groups is 1. The number of carboxylic acids is 1. The van der Waals surface area contributed by atoms with Gasteiger partial charge in [0.25, 0.3) is 0 Å². The molecule has 0 radical (unpaired) electrons. The second kappa shape index (κ2) is 7.63. The van der Waals surface area contributed by atoms with Crippen molar-refractivity contribution in [1.82, 2.24) is 4.90 Å². The van der Waals surface area contributed by atoms with E-state index >= 15 is 0 Å². The molecule has 0 aromatic rings. The number of likely N-dealkylation sites (tertiary alicyclic amines) is 1. The lowest BCUT2D eigenvalue weighted by molar-refractivity contribution is -0.148. The van der Waals surface area contributed by atoms with Crippen LogP contribution in [0, 0.1) is 5.92 Å². The van der Waals surface area contributed by atoms with E-state index < -0.39 is 5.97 Å². The predicted molar refractivity (Wildman–Crippen MR) is 72.6 cm³/mol. The molecule has 104 valence electrons. The van der Waals surface area contributed by atoms with Crippen molar-refractivity contribution in [2.75, 3.05) is 18.8 Å². The van der Waals surface area contributed by atoms with Crippen LogP contribution in [0.4, 0.5) is 0 Å². The molecule has 6 heteroatoms. The van der Waals surface area contributed by atoms with Crippen LogP contribution in [0.25, 0.3) is 0 Å². The highest BCUT2D eigenvalue weighted by Crippen LogP contribution is 2.23. The van der Waals surface area contributed by atoms with Gasteiger partial charge in [-0.3, -0.25) is 9.59 Å². The molecule has 2 unspecified atom stereocenters. The largest absolute Gasteiger partial charge is 0.480 e. The second-order valence-electron chi connectivity index (χ2n) is 4.76. The lowest BCUT2D eigenvalue weighted by Gasteiger charge is -2.35. The zero-order valence-electron chi connectivity index (χ0n) is 10.5. The highest BCUT2D eigenvalue weighted by Gasteiger charge is 2.31. The van der Waals surface area contributed by atoms with Gasteiger partial charge < -0.3 is 15.7 Å². The van der Waals surface area contributed by atoms with Crippen molar-refractivity contribution in [3.05, 3.63) is 0 Å². The summed E-state index contributed by atoms with van der Waals surface area (Å²) in [5, 5.41) is 8.95. The molecule has 0 saturated carbocycles. The van der Waals surface area contributed by atoms with E-state index in [1.807, 2.05) is 0 Å². The topological polar surface area (TPSA) is 83.6 Å². The van der Waals surface area contributed by atoms with E-state index in [1.165, 1.54) is 4.90 Å². The Kier molecular flexibility index (Phi) is 6.49. The third-order valence-electron chi connectivity index (χ3n) is 3.44. The Morgan fingerprint density at radius 3 is 2.67 bits per heavy atom. The Bertz CT molecular complexity index is 299. The van der Waals surface area contributed by atoms with Crippen molar-refractivity contribution in [3.63, 3.8) is 0 Å². The van der Waals surface area contributed by atoms with E-state index in [-0.39, 0.29) is 24.4 Å². The van der Waals surface area contributed by atoms with E-state index in [2.05, 4.69) is 12.6 Å².